The SMILES string of the molecule is CC1=CC(=NOS(=O)(=O)c2ccc(C)cc2)CC(C)(C)C1. The van der Waals surface area contributed by atoms with Crippen LogP contribution < -0.4 is 0 Å². The van der Waals surface area contributed by atoms with E-state index in [1.54, 1.807) is 12.1 Å². The van der Waals surface area contributed by atoms with Crippen molar-refractivity contribution < 1.29 is 12.7 Å². The first-order valence-corrected chi connectivity index (χ1v) is 8.33. The van der Waals surface area contributed by atoms with Gasteiger partial charge >= 0.3 is 10.1 Å². The number of rotatable bonds is 3. The third kappa shape index (κ3) is 4.17. The fraction of sp³-hybridized carbons (Fsp3) is 0.438. The zero-order valence-corrected chi connectivity index (χ0v) is 13.7. The van der Waals surface area contributed by atoms with Gasteiger partial charge in [0, 0.05) is 0 Å². The van der Waals surface area contributed by atoms with Gasteiger partial charge in [0.25, 0.3) is 0 Å². The maximum atomic E-state index is 12.1. The van der Waals surface area contributed by atoms with E-state index in [0.717, 1.165) is 12.0 Å². The Morgan fingerprint density at radius 1 is 1.10 bits per heavy atom. The van der Waals surface area contributed by atoms with Gasteiger partial charge in [-0.05, 0) is 50.3 Å². The van der Waals surface area contributed by atoms with E-state index in [4.69, 9.17) is 4.28 Å². The first-order valence-electron chi connectivity index (χ1n) is 6.92. The highest BCUT2D eigenvalue weighted by Gasteiger charge is 2.25. The molecule has 0 radical (unpaired) electrons. The third-order valence-corrected chi connectivity index (χ3v) is 4.51. The molecule has 0 heterocycles. The van der Waals surface area contributed by atoms with Crippen LogP contribution in [0.5, 0.6) is 0 Å². The molecule has 21 heavy (non-hydrogen) atoms. The minimum Gasteiger partial charge on any atom is -0.265 e. The molecule has 1 aliphatic rings. The van der Waals surface area contributed by atoms with Gasteiger partial charge in [-0.25, -0.2) is 0 Å². The fourth-order valence-corrected chi connectivity index (χ4v) is 3.35. The molecular weight excluding hydrogens is 286 g/mol. The molecule has 2 rings (SSSR count). The molecule has 0 N–H and O–H groups in total. The van der Waals surface area contributed by atoms with Crippen molar-refractivity contribution >= 4 is 15.8 Å². The van der Waals surface area contributed by atoms with E-state index in [9.17, 15) is 8.42 Å². The van der Waals surface area contributed by atoms with Crippen molar-refractivity contribution in [3.63, 3.8) is 0 Å². The number of benzene rings is 1. The van der Waals surface area contributed by atoms with Crippen molar-refractivity contribution in [1.82, 2.24) is 0 Å². The van der Waals surface area contributed by atoms with Crippen molar-refractivity contribution in [2.75, 3.05) is 0 Å². The van der Waals surface area contributed by atoms with Crippen molar-refractivity contribution in [1.29, 1.82) is 0 Å². The number of aryl methyl sites for hydroxylation is 1. The highest BCUT2D eigenvalue weighted by atomic mass is 32.2. The van der Waals surface area contributed by atoms with Crippen LogP contribution in [0.2, 0.25) is 0 Å². The molecule has 114 valence electrons. The highest BCUT2D eigenvalue weighted by Crippen LogP contribution is 2.33. The largest absolute Gasteiger partial charge is 0.358 e. The third-order valence-electron chi connectivity index (χ3n) is 3.39. The van der Waals surface area contributed by atoms with Gasteiger partial charge in [0.2, 0.25) is 0 Å². The number of allylic oxidation sites excluding steroid dienone is 2. The van der Waals surface area contributed by atoms with Crippen LogP contribution in [0, 0.1) is 12.3 Å². The monoisotopic (exact) mass is 307 g/mol. The van der Waals surface area contributed by atoms with Crippen LogP contribution in [0.25, 0.3) is 0 Å². The minimum atomic E-state index is -3.85. The Labute approximate surface area is 126 Å². The van der Waals surface area contributed by atoms with Gasteiger partial charge in [0.15, 0.2) is 0 Å². The molecule has 1 aromatic rings. The van der Waals surface area contributed by atoms with E-state index in [-0.39, 0.29) is 10.3 Å². The van der Waals surface area contributed by atoms with E-state index in [1.807, 2.05) is 19.9 Å². The Hall–Kier alpha value is -1.62. The molecule has 0 fully saturated rings. The first-order chi connectivity index (χ1) is 9.68. The fourth-order valence-electron chi connectivity index (χ4n) is 2.60. The second kappa shape index (κ2) is 5.64. The standard InChI is InChI=1S/C16H21NO3S/c1-12-5-7-15(8-6-12)21(18,19)20-17-14-9-13(2)10-16(3,4)11-14/h5-9H,10-11H2,1-4H3. The van der Waals surface area contributed by atoms with E-state index >= 15 is 0 Å². The van der Waals surface area contributed by atoms with Gasteiger partial charge in [0.05, 0.1) is 5.71 Å². The number of nitrogens with zero attached hydrogens (tertiary/aromatic N) is 1. The first kappa shape index (κ1) is 15.8. The highest BCUT2D eigenvalue weighted by molar-refractivity contribution is 7.86. The van der Waals surface area contributed by atoms with E-state index in [0.29, 0.717) is 12.1 Å². The summed E-state index contributed by atoms with van der Waals surface area (Å²) in [5, 5.41) is 3.85. The van der Waals surface area contributed by atoms with Gasteiger partial charge in [-0.2, -0.15) is 8.42 Å². The van der Waals surface area contributed by atoms with Crippen LogP contribution in [-0.2, 0) is 14.4 Å². The summed E-state index contributed by atoms with van der Waals surface area (Å²) in [5.74, 6) is 0. The molecule has 0 saturated heterocycles. The zero-order chi connectivity index (χ0) is 15.7. The maximum Gasteiger partial charge on any atom is 0.358 e. The smallest absolute Gasteiger partial charge is 0.265 e. The van der Waals surface area contributed by atoms with Gasteiger partial charge in [-0.3, -0.25) is 4.28 Å². The summed E-state index contributed by atoms with van der Waals surface area (Å²) >= 11 is 0. The molecule has 0 unspecified atom stereocenters. The Balaban J connectivity index is 2.20. The number of hydrogen-bond acceptors (Lipinski definition) is 4. The molecule has 0 bridgehead atoms. The van der Waals surface area contributed by atoms with Crippen LogP contribution in [-0.4, -0.2) is 14.1 Å². The van der Waals surface area contributed by atoms with Gasteiger partial charge < -0.3 is 0 Å². The molecule has 0 amide bonds. The second-order valence-electron chi connectivity index (χ2n) is 6.43. The zero-order valence-electron chi connectivity index (χ0n) is 12.9. The second-order valence-corrected chi connectivity index (χ2v) is 7.96. The summed E-state index contributed by atoms with van der Waals surface area (Å²) in [7, 11) is -3.85. The topological polar surface area (TPSA) is 55.7 Å². The molecule has 0 saturated carbocycles. The summed E-state index contributed by atoms with van der Waals surface area (Å²) in [6.07, 6.45) is 3.58. The number of hydrogen-bond donors (Lipinski definition) is 0. The Morgan fingerprint density at radius 3 is 2.29 bits per heavy atom. The van der Waals surface area contributed by atoms with Crippen LogP contribution in [0.1, 0.15) is 39.2 Å². The molecule has 0 spiro atoms. The average Bonchev–Trinajstić information content (AvgIpc) is 2.35. The summed E-state index contributed by atoms with van der Waals surface area (Å²) in [5.41, 5.74) is 2.92. The van der Waals surface area contributed by atoms with Crippen molar-refractivity contribution in [3.8, 4) is 0 Å². The van der Waals surface area contributed by atoms with Crippen LogP contribution in [0.15, 0.2) is 46.0 Å². The molecule has 0 aliphatic heterocycles. The molecular formula is C16H21NO3S. The quantitative estimate of drug-likeness (QED) is 0.798. The Bertz CT molecular complexity index is 683. The molecule has 1 aromatic carbocycles. The predicted molar refractivity (Wildman–Crippen MR) is 83.7 cm³/mol. The molecule has 0 atom stereocenters. The van der Waals surface area contributed by atoms with Gasteiger partial charge in [-0.1, -0.05) is 42.3 Å². The van der Waals surface area contributed by atoms with Crippen molar-refractivity contribution in [3.05, 3.63) is 41.5 Å². The Morgan fingerprint density at radius 2 is 1.71 bits per heavy atom. The summed E-state index contributed by atoms with van der Waals surface area (Å²) < 4.78 is 29.0. The normalized spacial score (nSPS) is 20.2. The lowest BCUT2D eigenvalue weighted by molar-refractivity contribution is 0.325. The van der Waals surface area contributed by atoms with E-state index in [2.05, 4.69) is 19.0 Å². The lowest BCUT2D eigenvalue weighted by Crippen LogP contribution is -2.21. The molecule has 0 aromatic heterocycles. The van der Waals surface area contributed by atoms with Crippen LogP contribution in [0.3, 0.4) is 0 Å². The lowest BCUT2D eigenvalue weighted by Gasteiger charge is -2.28. The average molecular weight is 307 g/mol. The summed E-state index contributed by atoms with van der Waals surface area (Å²) in [4.78, 5) is 0.119. The van der Waals surface area contributed by atoms with Gasteiger partial charge in [-0.15, -0.1) is 0 Å². The van der Waals surface area contributed by atoms with E-state index in [1.165, 1.54) is 17.7 Å². The van der Waals surface area contributed by atoms with Crippen molar-refractivity contribution in [2.24, 2.45) is 10.6 Å². The number of oxime groups is 1. The summed E-state index contributed by atoms with van der Waals surface area (Å²) in [6, 6.07) is 6.52. The Kier molecular flexibility index (Phi) is 4.23. The van der Waals surface area contributed by atoms with Gasteiger partial charge in [0.1, 0.15) is 4.90 Å². The molecule has 5 heteroatoms. The molecule has 4 nitrogen and oxygen atoms in total. The van der Waals surface area contributed by atoms with Crippen LogP contribution in [0.4, 0.5) is 0 Å². The predicted octanol–water partition coefficient (Wildman–Crippen LogP) is 3.82. The lowest BCUT2D eigenvalue weighted by atomic mass is 9.77. The minimum absolute atomic E-state index is 0.0780. The van der Waals surface area contributed by atoms with E-state index < -0.39 is 10.1 Å². The van der Waals surface area contributed by atoms with Crippen LogP contribution >= 0.6 is 0 Å². The van der Waals surface area contributed by atoms with Crippen molar-refractivity contribution in [2.45, 2.75) is 45.4 Å². The maximum absolute atomic E-state index is 12.1. The summed E-state index contributed by atoms with van der Waals surface area (Å²) in [6.45, 7) is 8.18. The molecule has 1 aliphatic carbocycles.